The number of aromatic nitrogens is 1. The van der Waals surface area contributed by atoms with Gasteiger partial charge in [0.25, 0.3) is 5.78 Å². The van der Waals surface area contributed by atoms with Gasteiger partial charge >= 0.3 is 5.91 Å². The van der Waals surface area contributed by atoms with Crippen molar-refractivity contribution in [3.63, 3.8) is 0 Å². The molecular formula is C30H26N2O7S. The van der Waals surface area contributed by atoms with Crippen molar-refractivity contribution in [2.24, 2.45) is 0 Å². The fourth-order valence-electron chi connectivity index (χ4n) is 5.18. The summed E-state index contributed by atoms with van der Waals surface area (Å²) in [6.07, 6.45) is 0. The highest BCUT2D eigenvalue weighted by atomic mass is 32.1. The monoisotopic (exact) mass is 558 g/mol. The SMILES string of the molecule is COc1ccc([C@@H]2C(=C(O)c3ccc4c(c3)OCCO4)C(=O)C(=O)N2c2nc3c(C)cc(C)cc3s2)cc1OC. The summed E-state index contributed by atoms with van der Waals surface area (Å²) in [5, 5.41) is 11.9. The first-order valence-corrected chi connectivity index (χ1v) is 13.4. The minimum Gasteiger partial charge on any atom is -0.507 e. The number of aliphatic hydroxyl groups is 1. The summed E-state index contributed by atoms with van der Waals surface area (Å²) in [6, 6.07) is 13.1. The molecule has 0 saturated carbocycles. The molecule has 0 radical (unpaired) electrons. The fourth-order valence-corrected chi connectivity index (χ4v) is 6.34. The lowest BCUT2D eigenvalue weighted by Crippen LogP contribution is -2.29. The Morgan fingerprint density at radius 3 is 2.48 bits per heavy atom. The van der Waals surface area contributed by atoms with Gasteiger partial charge < -0.3 is 24.1 Å². The molecule has 3 aromatic carbocycles. The number of aryl methyl sites for hydroxylation is 2. The van der Waals surface area contributed by atoms with E-state index in [1.165, 1.54) is 30.5 Å². The number of amides is 1. The number of rotatable bonds is 5. The van der Waals surface area contributed by atoms with Crippen molar-refractivity contribution in [2.75, 3.05) is 32.3 Å². The van der Waals surface area contributed by atoms with Crippen LogP contribution in [0.2, 0.25) is 0 Å². The van der Waals surface area contributed by atoms with Gasteiger partial charge in [-0.05, 0) is 66.9 Å². The van der Waals surface area contributed by atoms with E-state index in [9.17, 15) is 14.7 Å². The van der Waals surface area contributed by atoms with Crippen LogP contribution in [0.5, 0.6) is 23.0 Å². The minimum atomic E-state index is -0.977. The lowest BCUT2D eigenvalue weighted by Gasteiger charge is -2.24. The predicted molar refractivity (Wildman–Crippen MR) is 151 cm³/mol. The van der Waals surface area contributed by atoms with E-state index in [0.29, 0.717) is 52.5 Å². The number of aliphatic hydroxyl groups excluding tert-OH is 1. The molecule has 0 aliphatic carbocycles. The molecule has 204 valence electrons. The molecule has 9 nitrogen and oxygen atoms in total. The molecule has 1 amide bonds. The Labute approximate surface area is 234 Å². The first-order chi connectivity index (χ1) is 19.3. The van der Waals surface area contributed by atoms with Gasteiger partial charge in [-0.2, -0.15) is 0 Å². The molecule has 0 unspecified atom stereocenters. The smallest absolute Gasteiger partial charge is 0.301 e. The summed E-state index contributed by atoms with van der Waals surface area (Å²) >= 11 is 1.32. The van der Waals surface area contributed by atoms with Gasteiger partial charge in [0.15, 0.2) is 28.1 Å². The van der Waals surface area contributed by atoms with Gasteiger partial charge in [0.05, 0.1) is 36.1 Å². The highest BCUT2D eigenvalue weighted by molar-refractivity contribution is 7.22. The number of fused-ring (bicyclic) bond motifs is 2. The molecule has 1 fully saturated rings. The number of thiazole rings is 1. The van der Waals surface area contributed by atoms with Crippen LogP contribution in [0.3, 0.4) is 0 Å². The number of hydrogen-bond donors (Lipinski definition) is 1. The van der Waals surface area contributed by atoms with Crippen molar-refractivity contribution >= 4 is 44.1 Å². The second-order valence-corrected chi connectivity index (χ2v) is 10.6. The van der Waals surface area contributed by atoms with Crippen molar-refractivity contribution in [1.82, 2.24) is 4.98 Å². The molecule has 2 aliphatic heterocycles. The molecule has 6 rings (SSSR count). The molecular weight excluding hydrogens is 532 g/mol. The first-order valence-electron chi connectivity index (χ1n) is 12.6. The summed E-state index contributed by atoms with van der Waals surface area (Å²) in [5.41, 5.74) is 3.59. The van der Waals surface area contributed by atoms with E-state index in [4.69, 9.17) is 23.9 Å². The second-order valence-electron chi connectivity index (χ2n) is 9.57. The zero-order valence-corrected chi connectivity index (χ0v) is 23.1. The molecule has 10 heteroatoms. The zero-order valence-electron chi connectivity index (χ0n) is 22.3. The Hall–Kier alpha value is -4.57. The van der Waals surface area contributed by atoms with E-state index >= 15 is 0 Å². The summed E-state index contributed by atoms with van der Waals surface area (Å²) in [6.45, 7) is 4.74. The van der Waals surface area contributed by atoms with Gasteiger partial charge in [-0.3, -0.25) is 14.5 Å². The third-order valence-corrected chi connectivity index (χ3v) is 8.01. The van der Waals surface area contributed by atoms with Crippen LogP contribution in [0.15, 0.2) is 54.1 Å². The van der Waals surface area contributed by atoms with Crippen molar-refractivity contribution in [2.45, 2.75) is 19.9 Å². The fraction of sp³-hybridized carbons (Fsp3) is 0.233. The zero-order chi connectivity index (χ0) is 28.1. The van der Waals surface area contributed by atoms with Crippen LogP contribution in [-0.2, 0) is 9.59 Å². The van der Waals surface area contributed by atoms with Crippen LogP contribution < -0.4 is 23.8 Å². The van der Waals surface area contributed by atoms with Gasteiger partial charge in [0, 0.05) is 5.56 Å². The Kier molecular flexibility index (Phi) is 6.34. The molecule has 4 aromatic rings. The van der Waals surface area contributed by atoms with E-state index in [-0.39, 0.29) is 11.3 Å². The molecule has 0 bridgehead atoms. The average molecular weight is 559 g/mol. The Bertz CT molecular complexity index is 1720. The molecule has 1 aromatic heterocycles. The van der Waals surface area contributed by atoms with E-state index in [2.05, 4.69) is 0 Å². The normalized spacial score (nSPS) is 17.9. The van der Waals surface area contributed by atoms with Gasteiger partial charge in [-0.1, -0.05) is 23.5 Å². The van der Waals surface area contributed by atoms with Crippen LogP contribution in [0.25, 0.3) is 16.0 Å². The molecule has 3 heterocycles. The van der Waals surface area contributed by atoms with Crippen LogP contribution in [0.4, 0.5) is 5.13 Å². The quantitative estimate of drug-likeness (QED) is 0.199. The standard InChI is InChI=1S/C30H26N2O7S/c1-15-11-16(2)25-23(12-15)40-30(31-25)32-26(17-5-7-19(36-3)21(13-17)37-4)24(28(34)29(32)35)27(33)18-6-8-20-22(14-18)39-10-9-38-20/h5-8,11-14,26,33H,9-10H2,1-4H3/t26-/m1/s1. The van der Waals surface area contributed by atoms with E-state index in [1.54, 1.807) is 36.4 Å². The number of anilines is 1. The number of nitrogens with zero attached hydrogens (tertiary/aromatic N) is 2. The minimum absolute atomic E-state index is 0.0685. The number of ether oxygens (including phenoxy) is 4. The van der Waals surface area contributed by atoms with Gasteiger partial charge in [0.2, 0.25) is 0 Å². The highest BCUT2D eigenvalue weighted by Crippen LogP contribution is 2.46. The Balaban J connectivity index is 1.57. The Morgan fingerprint density at radius 2 is 1.73 bits per heavy atom. The van der Waals surface area contributed by atoms with Crippen molar-refractivity contribution in [1.29, 1.82) is 0 Å². The van der Waals surface area contributed by atoms with Crippen molar-refractivity contribution < 1.29 is 33.6 Å². The Morgan fingerprint density at radius 1 is 0.975 bits per heavy atom. The van der Waals surface area contributed by atoms with Gasteiger partial charge in [-0.25, -0.2) is 4.98 Å². The molecule has 1 saturated heterocycles. The third kappa shape index (κ3) is 4.12. The molecule has 1 atom stereocenters. The summed E-state index contributed by atoms with van der Waals surface area (Å²) in [4.78, 5) is 33.4. The molecule has 2 aliphatic rings. The van der Waals surface area contributed by atoms with E-state index < -0.39 is 17.7 Å². The molecule has 40 heavy (non-hydrogen) atoms. The number of benzene rings is 3. The van der Waals surface area contributed by atoms with Crippen molar-refractivity contribution in [3.05, 3.63) is 76.4 Å². The van der Waals surface area contributed by atoms with Crippen LogP contribution in [0, 0.1) is 13.8 Å². The highest BCUT2D eigenvalue weighted by Gasteiger charge is 2.48. The number of carbonyl (C=O) groups is 2. The number of ketones is 1. The van der Waals surface area contributed by atoms with Gasteiger partial charge in [0.1, 0.15) is 19.0 Å². The third-order valence-electron chi connectivity index (χ3n) is 7.01. The summed E-state index contributed by atoms with van der Waals surface area (Å²) < 4.78 is 23.1. The number of Topliss-reactive ketones (excluding diaryl/α,β-unsaturated/α-hetero) is 1. The number of carbonyl (C=O) groups excluding carboxylic acids is 2. The van der Waals surface area contributed by atoms with Crippen LogP contribution in [-0.4, -0.2) is 49.2 Å². The summed E-state index contributed by atoms with van der Waals surface area (Å²) in [7, 11) is 3.03. The largest absolute Gasteiger partial charge is 0.507 e. The van der Waals surface area contributed by atoms with E-state index in [1.807, 2.05) is 26.0 Å². The molecule has 1 N–H and O–H groups in total. The maximum absolute atomic E-state index is 13.7. The second kappa shape index (κ2) is 9.87. The van der Waals surface area contributed by atoms with E-state index in [0.717, 1.165) is 21.3 Å². The van der Waals surface area contributed by atoms with Crippen LogP contribution >= 0.6 is 11.3 Å². The maximum atomic E-state index is 13.7. The first kappa shape index (κ1) is 25.7. The lowest BCUT2D eigenvalue weighted by molar-refractivity contribution is -0.132. The average Bonchev–Trinajstić information content (AvgIpc) is 3.50. The number of methoxy groups -OCH3 is 2. The van der Waals surface area contributed by atoms with Crippen molar-refractivity contribution in [3.8, 4) is 23.0 Å². The number of hydrogen-bond acceptors (Lipinski definition) is 9. The van der Waals surface area contributed by atoms with Crippen LogP contribution in [0.1, 0.15) is 28.3 Å². The van der Waals surface area contributed by atoms with Gasteiger partial charge in [-0.15, -0.1) is 0 Å². The topological polar surface area (TPSA) is 107 Å². The predicted octanol–water partition coefficient (Wildman–Crippen LogP) is 5.33. The summed E-state index contributed by atoms with van der Waals surface area (Å²) in [5.74, 6) is -0.0387. The lowest BCUT2D eigenvalue weighted by atomic mass is 9.95. The molecule has 0 spiro atoms. The maximum Gasteiger partial charge on any atom is 0.301 e.